The minimum absolute atomic E-state index is 0.00150. The van der Waals surface area contributed by atoms with Crippen molar-refractivity contribution in [2.24, 2.45) is 0 Å². The lowest BCUT2D eigenvalue weighted by Gasteiger charge is -2.27. The van der Waals surface area contributed by atoms with Gasteiger partial charge < -0.3 is 14.2 Å². The van der Waals surface area contributed by atoms with Gasteiger partial charge in [0.15, 0.2) is 0 Å². The molecular formula is C21H34O3. The summed E-state index contributed by atoms with van der Waals surface area (Å²) in [6.45, 7) is 11.1. The van der Waals surface area contributed by atoms with Crippen LogP contribution in [0.1, 0.15) is 73.1 Å². The van der Waals surface area contributed by atoms with E-state index in [9.17, 15) is 0 Å². The van der Waals surface area contributed by atoms with Gasteiger partial charge in [0.05, 0.1) is 22.9 Å². The molecule has 3 nitrogen and oxygen atoms in total. The Morgan fingerprint density at radius 1 is 1.12 bits per heavy atom. The van der Waals surface area contributed by atoms with Crippen LogP contribution >= 0.6 is 0 Å². The van der Waals surface area contributed by atoms with Gasteiger partial charge in [0, 0.05) is 7.11 Å². The Balaban J connectivity index is 1.80. The summed E-state index contributed by atoms with van der Waals surface area (Å²) < 4.78 is 17.9. The molecular weight excluding hydrogens is 300 g/mol. The molecule has 3 rings (SSSR count). The topological polar surface area (TPSA) is 34.3 Å². The van der Waals surface area contributed by atoms with Crippen LogP contribution in [-0.2, 0) is 14.2 Å². The van der Waals surface area contributed by atoms with Gasteiger partial charge in [0.1, 0.15) is 6.10 Å². The molecule has 0 N–H and O–H groups in total. The molecule has 0 aromatic carbocycles. The molecule has 3 aliphatic rings. The molecule has 3 heteroatoms. The van der Waals surface area contributed by atoms with Crippen molar-refractivity contribution in [3.05, 3.63) is 23.3 Å². The van der Waals surface area contributed by atoms with Crippen LogP contribution in [0.15, 0.2) is 23.3 Å². The molecule has 0 bridgehead atoms. The van der Waals surface area contributed by atoms with Gasteiger partial charge in [-0.2, -0.15) is 0 Å². The number of hydrogen-bond acceptors (Lipinski definition) is 3. The minimum atomic E-state index is -0.249. The SMILES string of the molecule is COC(C)(C)/C1=C/C2OC2(C)CC/C=C(\C)CCC2OC2(C)CC1. The second-order valence-corrected chi connectivity index (χ2v) is 8.80. The fourth-order valence-corrected chi connectivity index (χ4v) is 3.89. The summed E-state index contributed by atoms with van der Waals surface area (Å²) in [5, 5.41) is 0. The van der Waals surface area contributed by atoms with E-state index in [1.807, 2.05) is 0 Å². The Bertz CT molecular complexity index is 547. The van der Waals surface area contributed by atoms with Crippen molar-refractivity contribution in [2.75, 3.05) is 7.11 Å². The van der Waals surface area contributed by atoms with Gasteiger partial charge in [-0.15, -0.1) is 0 Å². The highest BCUT2D eigenvalue weighted by molar-refractivity contribution is 5.24. The number of hydrogen-bond donors (Lipinski definition) is 0. The molecule has 2 saturated heterocycles. The maximum atomic E-state index is 6.06. The predicted octanol–water partition coefficient (Wildman–Crippen LogP) is 4.95. The second-order valence-electron chi connectivity index (χ2n) is 8.80. The molecule has 0 amide bonds. The first kappa shape index (κ1) is 18.2. The molecule has 0 radical (unpaired) electrons. The predicted molar refractivity (Wildman–Crippen MR) is 97.2 cm³/mol. The fraction of sp³-hybridized carbons (Fsp3) is 0.810. The quantitative estimate of drug-likeness (QED) is 0.529. The number of methoxy groups -OCH3 is 1. The lowest BCUT2D eigenvalue weighted by atomic mass is 9.86. The first-order valence-electron chi connectivity index (χ1n) is 9.46. The molecule has 4 atom stereocenters. The molecule has 24 heavy (non-hydrogen) atoms. The highest BCUT2D eigenvalue weighted by Gasteiger charge is 2.53. The molecule has 2 aliphatic heterocycles. The molecule has 2 heterocycles. The number of rotatable bonds is 2. The van der Waals surface area contributed by atoms with Gasteiger partial charge in [-0.25, -0.2) is 0 Å². The lowest BCUT2D eigenvalue weighted by molar-refractivity contribution is 0.0507. The van der Waals surface area contributed by atoms with Gasteiger partial charge in [-0.3, -0.25) is 0 Å². The summed E-state index contributed by atoms with van der Waals surface area (Å²) in [6.07, 6.45) is 11.9. The standard InChI is InChI=1S/C21H34O3/c1-15-8-7-12-20(4)18(24-20)14-16(19(2,3)22-6)11-13-21(5)17(23-21)10-9-15/h8,14,17-18H,7,9-13H2,1-6H3/b15-8+,16-14+. The molecule has 1 aliphatic carbocycles. The first-order chi connectivity index (χ1) is 11.2. The summed E-state index contributed by atoms with van der Waals surface area (Å²) in [7, 11) is 1.80. The average Bonchev–Trinajstić information content (AvgIpc) is 3.37. The molecule has 0 aromatic heterocycles. The van der Waals surface area contributed by atoms with Gasteiger partial charge in [-0.1, -0.05) is 17.7 Å². The van der Waals surface area contributed by atoms with E-state index in [2.05, 4.69) is 46.8 Å². The third kappa shape index (κ3) is 3.79. The van der Waals surface area contributed by atoms with Crippen LogP contribution in [0.3, 0.4) is 0 Å². The number of epoxide rings is 2. The largest absolute Gasteiger partial charge is 0.374 e. The van der Waals surface area contributed by atoms with Crippen molar-refractivity contribution in [1.29, 1.82) is 0 Å². The van der Waals surface area contributed by atoms with E-state index in [4.69, 9.17) is 14.2 Å². The fourth-order valence-electron chi connectivity index (χ4n) is 3.89. The zero-order chi connectivity index (χ0) is 17.6. The smallest absolute Gasteiger partial charge is 0.106 e. The molecule has 0 spiro atoms. The highest BCUT2D eigenvalue weighted by Crippen LogP contribution is 2.47. The Morgan fingerprint density at radius 2 is 1.88 bits per heavy atom. The normalized spacial score (nSPS) is 44.9. The van der Waals surface area contributed by atoms with Crippen molar-refractivity contribution in [1.82, 2.24) is 0 Å². The van der Waals surface area contributed by atoms with Crippen molar-refractivity contribution >= 4 is 0 Å². The van der Waals surface area contributed by atoms with Crippen LogP contribution in [0.25, 0.3) is 0 Å². The Kier molecular flexibility index (Phi) is 4.74. The van der Waals surface area contributed by atoms with Crippen LogP contribution in [0.4, 0.5) is 0 Å². The molecule has 0 saturated carbocycles. The number of fused-ring (bicyclic) bond motifs is 2. The third-order valence-electron chi connectivity index (χ3n) is 6.44. The Labute approximate surface area is 147 Å². The van der Waals surface area contributed by atoms with E-state index in [1.165, 1.54) is 11.1 Å². The monoisotopic (exact) mass is 334 g/mol. The van der Waals surface area contributed by atoms with Gasteiger partial charge in [0.2, 0.25) is 0 Å². The number of ether oxygens (including phenoxy) is 3. The summed E-state index contributed by atoms with van der Waals surface area (Å²) in [5.74, 6) is 0. The van der Waals surface area contributed by atoms with Crippen molar-refractivity contribution in [3.63, 3.8) is 0 Å². The molecule has 2 fully saturated rings. The van der Waals surface area contributed by atoms with E-state index in [0.717, 1.165) is 38.5 Å². The second kappa shape index (κ2) is 6.26. The highest BCUT2D eigenvalue weighted by atomic mass is 16.6. The zero-order valence-electron chi connectivity index (χ0n) is 16.3. The lowest BCUT2D eigenvalue weighted by Crippen LogP contribution is -2.27. The van der Waals surface area contributed by atoms with E-state index in [-0.39, 0.29) is 22.9 Å². The summed E-state index contributed by atoms with van der Waals surface area (Å²) in [4.78, 5) is 0. The molecule has 0 aromatic rings. The van der Waals surface area contributed by atoms with E-state index in [0.29, 0.717) is 6.10 Å². The summed E-state index contributed by atoms with van der Waals surface area (Å²) in [6, 6.07) is 0. The Hall–Kier alpha value is -0.640. The molecule has 4 unspecified atom stereocenters. The Morgan fingerprint density at radius 3 is 2.58 bits per heavy atom. The maximum absolute atomic E-state index is 6.06. The maximum Gasteiger partial charge on any atom is 0.106 e. The average molecular weight is 335 g/mol. The van der Waals surface area contributed by atoms with Crippen molar-refractivity contribution < 1.29 is 14.2 Å². The van der Waals surface area contributed by atoms with Crippen molar-refractivity contribution in [3.8, 4) is 0 Å². The summed E-state index contributed by atoms with van der Waals surface area (Å²) >= 11 is 0. The van der Waals surface area contributed by atoms with Crippen molar-refractivity contribution in [2.45, 2.75) is 102 Å². The number of allylic oxidation sites excluding steroid dienone is 2. The van der Waals surface area contributed by atoms with Gasteiger partial charge in [0.25, 0.3) is 0 Å². The van der Waals surface area contributed by atoms with Gasteiger partial charge in [-0.05, 0) is 78.7 Å². The van der Waals surface area contributed by atoms with Crippen LogP contribution in [0, 0.1) is 0 Å². The van der Waals surface area contributed by atoms with Crippen LogP contribution in [-0.4, -0.2) is 36.1 Å². The van der Waals surface area contributed by atoms with Crippen LogP contribution < -0.4 is 0 Å². The molecule has 136 valence electrons. The zero-order valence-corrected chi connectivity index (χ0v) is 16.3. The van der Waals surface area contributed by atoms with Crippen LogP contribution in [0.5, 0.6) is 0 Å². The van der Waals surface area contributed by atoms with E-state index >= 15 is 0 Å². The van der Waals surface area contributed by atoms with Gasteiger partial charge >= 0.3 is 0 Å². The van der Waals surface area contributed by atoms with E-state index in [1.54, 1.807) is 7.11 Å². The third-order valence-corrected chi connectivity index (χ3v) is 6.44. The summed E-state index contributed by atoms with van der Waals surface area (Å²) in [5.41, 5.74) is 2.63. The van der Waals surface area contributed by atoms with Crippen LogP contribution in [0.2, 0.25) is 0 Å². The first-order valence-corrected chi connectivity index (χ1v) is 9.46. The van der Waals surface area contributed by atoms with E-state index < -0.39 is 0 Å². The minimum Gasteiger partial charge on any atom is -0.374 e.